The quantitative estimate of drug-likeness (QED) is 0.187. The molecule has 0 spiro atoms. The standard InChI is InChI=1S/C41H28S/c1-41(2)33-18-10-8-14-27(33)28-21-20-26(24-34(28)41)37-29-15-6-7-16-30(29)38(25-12-4-3-5-13-25)40-32(37)22-23-36-39(40)31-17-9-11-19-35(31)42-36/h3-24H,1-2H3. The smallest absolute Gasteiger partial charge is 0.0362 e. The highest BCUT2D eigenvalue weighted by molar-refractivity contribution is 7.26. The Bertz CT molecular complexity index is 2370. The van der Waals surface area contributed by atoms with E-state index >= 15 is 0 Å². The fraction of sp³-hybridized carbons (Fsp3) is 0.0732. The molecule has 0 nitrogen and oxygen atoms in total. The predicted octanol–water partition coefficient (Wildman–Crippen LogP) is 12.0. The molecular formula is C41H28S. The molecule has 7 aromatic carbocycles. The summed E-state index contributed by atoms with van der Waals surface area (Å²) in [5.41, 5.74) is 10.7. The summed E-state index contributed by atoms with van der Waals surface area (Å²) in [5.74, 6) is 0. The third-order valence-electron chi connectivity index (χ3n) is 9.46. The van der Waals surface area contributed by atoms with Crippen molar-refractivity contribution in [3.8, 4) is 33.4 Å². The van der Waals surface area contributed by atoms with E-state index in [0.717, 1.165) is 0 Å². The minimum absolute atomic E-state index is 0.0473. The largest absolute Gasteiger partial charge is 0.135 e. The van der Waals surface area contributed by atoms with Gasteiger partial charge in [0.05, 0.1) is 0 Å². The van der Waals surface area contributed by atoms with Gasteiger partial charge in [0.15, 0.2) is 0 Å². The SMILES string of the molecule is CC1(C)c2ccccc2-c2ccc(-c3c4ccccc4c(-c4ccccc4)c4c3ccc3sc5ccccc5c34)cc21. The van der Waals surface area contributed by atoms with Gasteiger partial charge < -0.3 is 0 Å². The predicted molar refractivity (Wildman–Crippen MR) is 183 cm³/mol. The first-order valence-electron chi connectivity index (χ1n) is 14.7. The van der Waals surface area contributed by atoms with Crippen molar-refractivity contribution >= 4 is 53.1 Å². The van der Waals surface area contributed by atoms with E-state index in [1.807, 2.05) is 11.3 Å². The average Bonchev–Trinajstić information content (AvgIpc) is 3.52. The molecule has 0 atom stereocenters. The molecule has 0 saturated heterocycles. The van der Waals surface area contributed by atoms with E-state index in [0.29, 0.717) is 0 Å². The minimum Gasteiger partial charge on any atom is -0.135 e. The number of benzene rings is 7. The van der Waals surface area contributed by atoms with E-state index in [1.165, 1.54) is 86.2 Å². The third kappa shape index (κ3) is 3.17. The van der Waals surface area contributed by atoms with Gasteiger partial charge in [0.2, 0.25) is 0 Å². The Morgan fingerprint density at radius 2 is 1.10 bits per heavy atom. The zero-order valence-corrected chi connectivity index (χ0v) is 24.4. The number of hydrogen-bond donors (Lipinski definition) is 0. The van der Waals surface area contributed by atoms with Gasteiger partial charge in [-0.25, -0.2) is 0 Å². The molecule has 9 rings (SSSR count). The van der Waals surface area contributed by atoms with Gasteiger partial charge >= 0.3 is 0 Å². The van der Waals surface area contributed by atoms with Crippen LogP contribution < -0.4 is 0 Å². The van der Waals surface area contributed by atoms with Crippen LogP contribution >= 0.6 is 11.3 Å². The van der Waals surface area contributed by atoms with Crippen molar-refractivity contribution in [3.05, 3.63) is 145 Å². The Kier molecular flexibility index (Phi) is 4.93. The second kappa shape index (κ2) is 8.64. The van der Waals surface area contributed by atoms with Gasteiger partial charge in [0.1, 0.15) is 0 Å². The van der Waals surface area contributed by atoms with Crippen LogP contribution in [0.3, 0.4) is 0 Å². The van der Waals surface area contributed by atoms with Gasteiger partial charge in [0, 0.05) is 31.0 Å². The molecular weight excluding hydrogens is 525 g/mol. The average molecular weight is 553 g/mol. The maximum absolute atomic E-state index is 2.48. The van der Waals surface area contributed by atoms with Gasteiger partial charge in [0.25, 0.3) is 0 Å². The number of hydrogen-bond acceptors (Lipinski definition) is 1. The first-order valence-corrected chi connectivity index (χ1v) is 15.5. The Balaban J connectivity index is 1.47. The Labute approximate surface area is 249 Å². The van der Waals surface area contributed by atoms with Gasteiger partial charge in [-0.1, -0.05) is 129 Å². The molecule has 1 aliphatic rings. The Hall–Kier alpha value is -4.72. The summed E-state index contributed by atoms with van der Waals surface area (Å²) in [7, 11) is 0. The van der Waals surface area contributed by atoms with Gasteiger partial charge in [-0.2, -0.15) is 0 Å². The van der Waals surface area contributed by atoms with Crippen LogP contribution in [0.15, 0.2) is 133 Å². The molecule has 0 bridgehead atoms. The fourth-order valence-corrected chi connectivity index (χ4v) is 8.67. The summed E-state index contributed by atoms with van der Waals surface area (Å²) in [4.78, 5) is 0. The number of rotatable bonds is 2. The Morgan fingerprint density at radius 1 is 0.429 bits per heavy atom. The van der Waals surface area contributed by atoms with Crippen molar-refractivity contribution in [1.82, 2.24) is 0 Å². The molecule has 1 aliphatic carbocycles. The van der Waals surface area contributed by atoms with Crippen molar-refractivity contribution < 1.29 is 0 Å². The molecule has 1 heterocycles. The normalized spacial score (nSPS) is 13.7. The Morgan fingerprint density at radius 3 is 1.93 bits per heavy atom. The van der Waals surface area contributed by atoms with Crippen LogP contribution in [0.25, 0.3) is 75.1 Å². The summed E-state index contributed by atoms with van der Waals surface area (Å²) in [5, 5.41) is 7.98. The molecule has 0 unspecified atom stereocenters. The van der Waals surface area contributed by atoms with Crippen molar-refractivity contribution in [1.29, 1.82) is 0 Å². The van der Waals surface area contributed by atoms with E-state index in [1.54, 1.807) is 0 Å². The molecule has 0 radical (unpaired) electrons. The lowest BCUT2D eigenvalue weighted by Gasteiger charge is -2.23. The van der Waals surface area contributed by atoms with Crippen LogP contribution in [0.2, 0.25) is 0 Å². The van der Waals surface area contributed by atoms with Crippen LogP contribution in [0, 0.1) is 0 Å². The van der Waals surface area contributed by atoms with Crippen LogP contribution in [-0.4, -0.2) is 0 Å². The molecule has 42 heavy (non-hydrogen) atoms. The van der Waals surface area contributed by atoms with Crippen molar-refractivity contribution in [2.75, 3.05) is 0 Å². The summed E-state index contributed by atoms with van der Waals surface area (Å²) in [6, 6.07) is 49.7. The van der Waals surface area contributed by atoms with Crippen LogP contribution in [-0.2, 0) is 5.41 Å². The highest BCUT2D eigenvalue weighted by atomic mass is 32.1. The van der Waals surface area contributed by atoms with Crippen molar-refractivity contribution in [3.63, 3.8) is 0 Å². The zero-order valence-electron chi connectivity index (χ0n) is 23.6. The van der Waals surface area contributed by atoms with Crippen LogP contribution in [0.4, 0.5) is 0 Å². The summed E-state index contributed by atoms with van der Waals surface area (Å²) < 4.78 is 2.68. The van der Waals surface area contributed by atoms with E-state index in [-0.39, 0.29) is 5.41 Å². The second-order valence-corrected chi connectivity index (χ2v) is 13.1. The molecule has 1 aromatic heterocycles. The monoisotopic (exact) mass is 552 g/mol. The van der Waals surface area contributed by atoms with Crippen LogP contribution in [0.5, 0.6) is 0 Å². The first-order chi connectivity index (χ1) is 20.6. The third-order valence-corrected chi connectivity index (χ3v) is 10.6. The van der Waals surface area contributed by atoms with E-state index in [4.69, 9.17) is 0 Å². The fourth-order valence-electron chi connectivity index (χ4n) is 7.56. The van der Waals surface area contributed by atoms with E-state index < -0.39 is 0 Å². The summed E-state index contributed by atoms with van der Waals surface area (Å²) >= 11 is 1.90. The topological polar surface area (TPSA) is 0 Å². The van der Waals surface area contributed by atoms with Gasteiger partial charge in [-0.3, -0.25) is 0 Å². The second-order valence-electron chi connectivity index (χ2n) is 12.1. The van der Waals surface area contributed by atoms with E-state index in [2.05, 4.69) is 147 Å². The first kappa shape index (κ1) is 23.9. The van der Waals surface area contributed by atoms with Crippen molar-refractivity contribution in [2.45, 2.75) is 19.3 Å². The van der Waals surface area contributed by atoms with Gasteiger partial charge in [-0.15, -0.1) is 11.3 Å². The van der Waals surface area contributed by atoms with Crippen LogP contribution in [0.1, 0.15) is 25.0 Å². The lowest BCUT2D eigenvalue weighted by Crippen LogP contribution is -2.14. The molecule has 198 valence electrons. The van der Waals surface area contributed by atoms with Crippen molar-refractivity contribution in [2.24, 2.45) is 0 Å². The summed E-state index contributed by atoms with van der Waals surface area (Å²) in [6.45, 7) is 4.74. The molecule has 0 fully saturated rings. The number of thiophene rings is 1. The number of fused-ring (bicyclic) bond motifs is 9. The molecule has 8 aromatic rings. The zero-order chi connectivity index (χ0) is 28.0. The highest BCUT2D eigenvalue weighted by Gasteiger charge is 2.35. The highest BCUT2D eigenvalue weighted by Crippen LogP contribution is 2.52. The van der Waals surface area contributed by atoms with E-state index in [9.17, 15) is 0 Å². The maximum Gasteiger partial charge on any atom is 0.0362 e. The molecule has 0 amide bonds. The van der Waals surface area contributed by atoms with Gasteiger partial charge in [-0.05, 0) is 78.9 Å². The minimum atomic E-state index is -0.0473. The lowest BCUT2D eigenvalue weighted by atomic mass is 9.80. The lowest BCUT2D eigenvalue weighted by molar-refractivity contribution is 0.660. The molecule has 0 saturated carbocycles. The summed E-state index contributed by atoms with van der Waals surface area (Å²) in [6.07, 6.45) is 0. The maximum atomic E-state index is 2.48. The molecule has 0 N–H and O–H groups in total. The molecule has 0 aliphatic heterocycles. The molecule has 1 heteroatoms.